The predicted molar refractivity (Wildman–Crippen MR) is 101 cm³/mol. The molecule has 4 rings (SSSR count). The van der Waals surface area contributed by atoms with Crippen LogP contribution in [-0.4, -0.2) is 11.8 Å². The molecule has 0 saturated heterocycles. The molecule has 1 aliphatic heterocycles. The van der Waals surface area contributed by atoms with Crippen molar-refractivity contribution in [3.8, 4) is 0 Å². The number of anilines is 2. The first-order valence-electron chi connectivity index (χ1n) is 8.20. The van der Waals surface area contributed by atoms with Crippen molar-refractivity contribution in [3.05, 3.63) is 83.3 Å². The summed E-state index contributed by atoms with van der Waals surface area (Å²) in [6, 6.07) is 16.3. The van der Waals surface area contributed by atoms with Crippen LogP contribution in [0.25, 0.3) is 11.6 Å². The summed E-state index contributed by atoms with van der Waals surface area (Å²) < 4.78 is 5.29. The highest BCUT2D eigenvalue weighted by Gasteiger charge is 2.25. The van der Waals surface area contributed by atoms with Crippen molar-refractivity contribution in [2.24, 2.45) is 0 Å². The molecule has 128 valence electrons. The van der Waals surface area contributed by atoms with Crippen LogP contribution in [0.4, 0.5) is 11.4 Å². The summed E-state index contributed by atoms with van der Waals surface area (Å²) in [5, 5.41) is 5.71. The van der Waals surface area contributed by atoms with E-state index in [9.17, 15) is 9.59 Å². The zero-order chi connectivity index (χ0) is 18.1. The van der Waals surface area contributed by atoms with Gasteiger partial charge in [-0.2, -0.15) is 0 Å². The van der Waals surface area contributed by atoms with Gasteiger partial charge in [0.25, 0.3) is 11.8 Å². The van der Waals surface area contributed by atoms with E-state index in [1.54, 1.807) is 42.7 Å². The van der Waals surface area contributed by atoms with Crippen molar-refractivity contribution in [2.45, 2.75) is 6.92 Å². The lowest BCUT2D eigenvalue weighted by Gasteiger charge is -2.09. The number of rotatable bonds is 3. The Morgan fingerprint density at radius 2 is 1.96 bits per heavy atom. The molecule has 3 aromatic rings. The fourth-order valence-electron chi connectivity index (χ4n) is 2.90. The van der Waals surface area contributed by atoms with Crippen molar-refractivity contribution >= 4 is 34.8 Å². The number of fused-ring (bicyclic) bond motifs is 1. The number of aryl methyl sites for hydroxylation is 1. The van der Waals surface area contributed by atoms with Gasteiger partial charge >= 0.3 is 0 Å². The largest absolute Gasteiger partial charge is 0.465 e. The molecule has 1 aromatic heterocycles. The lowest BCUT2D eigenvalue weighted by Crippen LogP contribution is -2.12. The van der Waals surface area contributed by atoms with E-state index in [2.05, 4.69) is 10.6 Å². The molecule has 0 bridgehead atoms. The van der Waals surface area contributed by atoms with E-state index in [0.29, 0.717) is 28.1 Å². The minimum Gasteiger partial charge on any atom is -0.465 e. The smallest absolute Gasteiger partial charge is 0.256 e. The van der Waals surface area contributed by atoms with Gasteiger partial charge in [0, 0.05) is 22.5 Å². The standard InChI is InChI=1S/C21H16N2O3/c1-13-5-2-3-7-18(13)22-20(24)14-8-9-19-16(11-14)17(21(25)23-19)12-15-6-4-10-26-15/h2-12H,1H3,(H,22,24)(H,23,25)/b17-12-. The highest BCUT2D eigenvalue weighted by Crippen LogP contribution is 2.34. The molecule has 0 saturated carbocycles. The van der Waals surface area contributed by atoms with Gasteiger partial charge in [-0.3, -0.25) is 9.59 Å². The summed E-state index contributed by atoms with van der Waals surface area (Å²) in [7, 11) is 0. The number of carbonyl (C=O) groups excluding carboxylic acids is 2. The van der Waals surface area contributed by atoms with Gasteiger partial charge < -0.3 is 15.1 Å². The fourth-order valence-corrected chi connectivity index (χ4v) is 2.90. The first-order valence-corrected chi connectivity index (χ1v) is 8.20. The van der Waals surface area contributed by atoms with Crippen LogP contribution in [0.2, 0.25) is 0 Å². The molecule has 2 aromatic carbocycles. The fraction of sp³-hybridized carbons (Fsp3) is 0.0476. The van der Waals surface area contributed by atoms with Crippen LogP contribution in [0, 0.1) is 6.92 Å². The number of hydrogen-bond acceptors (Lipinski definition) is 3. The van der Waals surface area contributed by atoms with E-state index in [1.165, 1.54) is 0 Å². The number of hydrogen-bond donors (Lipinski definition) is 2. The Bertz CT molecular complexity index is 1030. The maximum Gasteiger partial charge on any atom is 0.256 e. The quantitative estimate of drug-likeness (QED) is 0.695. The maximum absolute atomic E-state index is 12.6. The molecule has 2 N–H and O–H groups in total. The van der Waals surface area contributed by atoms with E-state index < -0.39 is 0 Å². The van der Waals surface area contributed by atoms with Gasteiger partial charge in [0.15, 0.2) is 0 Å². The van der Waals surface area contributed by atoms with Gasteiger partial charge in [-0.05, 0) is 55.0 Å². The molecule has 26 heavy (non-hydrogen) atoms. The first kappa shape index (κ1) is 15.9. The Morgan fingerprint density at radius 3 is 2.73 bits per heavy atom. The molecule has 0 aliphatic carbocycles. The zero-order valence-corrected chi connectivity index (χ0v) is 14.1. The third-order valence-electron chi connectivity index (χ3n) is 4.29. The van der Waals surface area contributed by atoms with Crippen molar-refractivity contribution in [1.82, 2.24) is 0 Å². The number of para-hydroxylation sites is 1. The van der Waals surface area contributed by atoms with E-state index in [-0.39, 0.29) is 11.8 Å². The third-order valence-corrected chi connectivity index (χ3v) is 4.29. The Balaban J connectivity index is 1.67. The second-order valence-electron chi connectivity index (χ2n) is 6.06. The Morgan fingerprint density at radius 1 is 1.12 bits per heavy atom. The highest BCUT2D eigenvalue weighted by molar-refractivity contribution is 6.35. The SMILES string of the molecule is Cc1ccccc1NC(=O)c1ccc2c(c1)/C(=C/c1ccco1)C(=O)N2. The first-order chi connectivity index (χ1) is 12.6. The zero-order valence-electron chi connectivity index (χ0n) is 14.1. The van der Waals surface area contributed by atoms with Gasteiger partial charge in [0.1, 0.15) is 5.76 Å². The van der Waals surface area contributed by atoms with E-state index in [0.717, 1.165) is 11.3 Å². The molecule has 0 spiro atoms. The molecule has 0 atom stereocenters. The molecular weight excluding hydrogens is 328 g/mol. The van der Waals surface area contributed by atoms with Gasteiger partial charge in [-0.25, -0.2) is 0 Å². The van der Waals surface area contributed by atoms with Crippen molar-refractivity contribution < 1.29 is 14.0 Å². The molecule has 1 aliphatic rings. The summed E-state index contributed by atoms with van der Waals surface area (Å²) >= 11 is 0. The van der Waals surface area contributed by atoms with E-state index in [1.807, 2.05) is 31.2 Å². The van der Waals surface area contributed by atoms with Crippen molar-refractivity contribution in [3.63, 3.8) is 0 Å². The van der Waals surface area contributed by atoms with E-state index >= 15 is 0 Å². The Labute approximate surface area is 150 Å². The average Bonchev–Trinajstić information content (AvgIpc) is 3.25. The number of nitrogens with one attached hydrogen (secondary N) is 2. The monoisotopic (exact) mass is 344 g/mol. The molecule has 2 heterocycles. The summed E-state index contributed by atoms with van der Waals surface area (Å²) in [5.74, 6) is 0.143. The average molecular weight is 344 g/mol. The number of furan rings is 1. The normalized spacial score (nSPS) is 14.2. The van der Waals surface area contributed by atoms with Crippen LogP contribution in [0.15, 0.2) is 65.3 Å². The molecule has 5 nitrogen and oxygen atoms in total. The van der Waals surface area contributed by atoms with Crippen LogP contribution in [0.5, 0.6) is 0 Å². The van der Waals surface area contributed by atoms with Crippen LogP contribution in [0.3, 0.4) is 0 Å². The molecule has 0 radical (unpaired) electrons. The van der Waals surface area contributed by atoms with Crippen LogP contribution in [0.1, 0.15) is 27.2 Å². The lowest BCUT2D eigenvalue weighted by molar-refractivity contribution is -0.110. The lowest BCUT2D eigenvalue weighted by atomic mass is 10.0. The van der Waals surface area contributed by atoms with Gasteiger partial charge in [-0.15, -0.1) is 0 Å². The van der Waals surface area contributed by atoms with Crippen LogP contribution >= 0.6 is 0 Å². The predicted octanol–water partition coefficient (Wildman–Crippen LogP) is 4.33. The Hall–Kier alpha value is -3.60. The van der Waals surface area contributed by atoms with Gasteiger partial charge in [0.05, 0.1) is 11.8 Å². The minimum atomic E-state index is -0.223. The summed E-state index contributed by atoms with van der Waals surface area (Å²) in [4.78, 5) is 24.9. The number of benzene rings is 2. The van der Waals surface area contributed by atoms with Crippen molar-refractivity contribution in [1.29, 1.82) is 0 Å². The second kappa shape index (κ2) is 6.37. The highest BCUT2D eigenvalue weighted by atomic mass is 16.3. The molecule has 5 heteroatoms. The second-order valence-corrected chi connectivity index (χ2v) is 6.06. The summed E-state index contributed by atoms with van der Waals surface area (Å²) in [6.07, 6.45) is 3.22. The number of carbonyl (C=O) groups is 2. The minimum absolute atomic E-state index is 0.215. The van der Waals surface area contributed by atoms with Gasteiger partial charge in [0.2, 0.25) is 0 Å². The van der Waals surface area contributed by atoms with E-state index in [4.69, 9.17) is 4.42 Å². The van der Waals surface area contributed by atoms with Crippen LogP contribution in [-0.2, 0) is 4.79 Å². The molecule has 0 fully saturated rings. The molecule has 0 unspecified atom stereocenters. The number of amides is 2. The molecule has 2 amide bonds. The van der Waals surface area contributed by atoms with Crippen LogP contribution < -0.4 is 10.6 Å². The summed E-state index contributed by atoms with van der Waals surface area (Å²) in [6.45, 7) is 1.94. The van der Waals surface area contributed by atoms with Gasteiger partial charge in [-0.1, -0.05) is 18.2 Å². The van der Waals surface area contributed by atoms with Crippen molar-refractivity contribution in [2.75, 3.05) is 10.6 Å². The summed E-state index contributed by atoms with van der Waals surface area (Å²) in [5.41, 5.74) is 4.06. The third kappa shape index (κ3) is 2.91. The maximum atomic E-state index is 12.6. The Kier molecular flexibility index (Phi) is 3.89. The topological polar surface area (TPSA) is 71.3 Å². The molecular formula is C21H16N2O3.